The van der Waals surface area contributed by atoms with Crippen molar-refractivity contribution in [3.8, 4) is 0 Å². The Morgan fingerprint density at radius 2 is 1.14 bits per heavy atom. The fourth-order valence-corrected chi connectivity index (χ4v) is 2.14. The molecule has 0 aliphatic heterocycles. The monoisotopic (exact) mass is 326 g/mol. The third kappa shape index (κ3) is 14.0. The van der Waals surface area contributed by atoms with Crippen molar-refractivity contribution >= 4 is 28.8 Å². The van der Waals surface area contributed by atoms with Gasteiger partial charge in [0, 0.05) is 11.4 Å². The van der Waals surface area contributed by atoms with Crippen molar-refractivity contribution in [2.45, 2.75) is 91.9 Å². The van der Waals surface area contributed by atoms with Crippen LogP contribution in [0.1, 0.15) is 91.9 Å². The van der Waals surface area contributed by atoms with Crippen LogP contribution in [0.5, 0.6) is 0 Å². The minimum absolute atomic E-state index is 0.459. The summed E-state index contributed by atoms with van der Waals surface area (Å²) in [5.74, 6) is 0. The van der Waals surface area contributed by atoms with Crippen molar-refractivity contribution < 1.29 is 0 Å². The Bertz CT molecular complexity index is 319. The molecule has 0 saturated heterocycles. The Hall–Kier alpha value is -0.970. The predicted octanol–water partition coefficient (Wildman–Crippen LogP) is 5.14. The highest BCUT2D eigenvalue weighted by atomic mass is 32.1. The highest BCUT2D eigenvalue weighted by molar-refractivity contribution is 7.80. The summed E-state index contributed by atoms with van der Waals surface area (Å²) >= 11 is 5.16. The first-order valence-electron chi connectivity index (χ1n) is 8.72. The van der Waals surface area contributed by atoms with E-state index >= 15 is 0 Å². The number of thiocarbonyl (C=S) groups is 1. The second-order valence-corrected chi connectivity index (χ2v) is 6.28. The van der Waals surface area contributed by atoms with Gasteiger partial charge in [0.1, 0.15) is 0 Å². The zero-order valence-corrected chi connectivity index (χ0v) is 15.7. The van der Waals surface area contributed by atoms with E-state index in [1.54, 1.807) is 0 Å². The minimum atomic E-state index is 0.459. The summed E-state index contributed by atoms with van der Waals surface area (Å²) < 4.78 is 0. The van der Waals surface area contributed by atoms with Gasteiger partial charge in [-0.05, 0) is 51.7 Å². The molecule has 0 unspecified atom stereocenters. The molecule has 0 spiro atoms. The van der Waals surface area contributed by atoms with Gasteiger partial charge < -0.3 is 0 Å². The Kier molecular flexibility index (Phi) is 14.3. The van der Waals surface area contributed by atoms with Crippen molar-refractivity contribution in [2.24, 2.45) is 10.2 Å². The molecule has 5 heteroatoms. The maximum atomic E-state index is 5.16. The fourth-order valence-electron chi connectivity index (χ4n) is 2.04. The van der Waals surface area contributed by atoms with E-state index in [0.717, 1.165) is 24.3 Å². The number of nitrogens with one attached hydrogen (secondary N) is 2. The summed E-state index contributed by atoms with van der Waals surface area (Å²) in [5.41, 5.74) is 7.88. The SMILES string of the molecule is CCCCCC/C(C)=N\NC(=S)N/N=C(/C)CCCCCC. The number of hydrazone groups is 2. The van der Waals surface area contributed by atoms with Crippen LogP contribution >= 0.6 is 12.2 Å². The van der Waals surface area contributed by atoms with Crippen LogP contribution in [0.4, 0.5) is 0 Å². The zero-order chi connectivity index (χ0) is 16.6. The van der Waals surface area contributed by atoms with Crippen LogP contribution in [0.3, 0.4) is 0 Å². The molecule has 0 aromatic rings. The normalized spacial score (nSPS) is 12.4. The van der Waals surface area contributed by atoms with Gasteiger partial charge in [-0.1, -0.05) is 52.4 Å². The molecule has 0 radical (unpaired) electrons. The molecule has 0 aromatic heterocycles. The lowest BCUT2D eigenvalue weighted by Crippen LogP contribution is -2.29. The van der Waals surface area contributed by atoms with Gasteiger partial charge in [-0.3, -0.25) is 10.9 Å². The molecule has 128 valence electrons. The second-order valence-electron chi connectivity index (χ2n) is 5.87. The van der Waals surface area contributed by atoms with Gasteiger partial charge in [0.15, 0.2) is 0 Å². The molecule has 0 rings (SSSR count). The molecule has 0 aliphatic rings. The molecular weight excluding hydrogens is 292 g/mol. The number of hydrogen-bond acceptors (Lipinski definition) is 3. The van der Waals surface area contributed by atoms with Crippen molar-refractivity contribution in [3.63, 3.8) is 0 Å². The second kappa shape index (κ2) is 14.9. The van der Waals surface area contributed by atoms with E-state index in [1.807, 2.05) is 13.8 Å². The molecular formula is C17H34N4S. The standard InChI is InChI=1S/C17H34N4S/c1-5-7-9-11-13-15(3)18-20-17(22)21-19-16(4)14-12-10-8-6-2/h5-14H2,1-4H3,(H2,20,21,22)/b18-15-,19-16-. The zero-order valence-electron chi connectivity index (χ0n) is 14.9. The van der Waals surface area contributed by atoms with Crippen LogP contribution < -0.4 is 10.9 Å². The molecule has 0 atom stereocenters. The molecule has 2 N–H and O–H groups in total. The highest BCUT2D eigenvalue weighted by Crippen LogP contribution is 2.04. The van der Waals surface area contributed by atoms with Crippen LogP contribution in [0.15, 0.2) is 10.2 Å². The number of unbranched alkanes of at least 4 members (excludes halogenated alkanes) is 6. The van der Waals surface area contributed by atoms with Crippen LogP contribution in [0, 0.1) is 0 Å². The van der Waals surface area contributed by atoms with Crippen LogP contribution in [0.25, 0.3) is 0 Å². The van der Waals surface area contributed by atoms with Gasteiger partial charge in [-0.2, -0.15) is 10.2 Å². The number of hydrogen-bond donors (Lipinski definition) is 2. The maximum Gasteiger partial charge on any atom is 0.207 e. The molecule has 0 saturated carbocycles. The Morgan fingerprint density at radius 1 is 0.727 bits per heavy atom. The van der Waals surface area contributed by atoms with Crippen molar-refractivity contribution in [2.75, 3.05) is 0 Å². The summed E-state index contributed by atoms with van der Waals surface area (Å²) in [5, 5.41) is 9.02. The molecule has 0 heterocycles. The first-order chi connectivity index (χ1) is 10.6. The van der Waals surface area contributed by atoms with Gasteiger partial charge in [-0.15, -0.1) is 0 Å². The molecule has 0 amide bonds. The summed E-state index contributed by atoms with van der Waals surface area (Å²) in [7, 11) is 0. The minimum Gasteiger partial charge on any atom is -0.252 e. The molecule has 0 fully saturated rings. The predicted molar refractivity (Wildman–Crippen MR) is 103 cm³/mol. The molecule has 4 nitrogen and oxygen atoms in total. The molecule has 0 bridgehead atoms. The van der Waals surface area contributed by atoms with Gasteiger partial charge >= 0.3 is 0 Å². The maximum absolute atomic E-state index is 5.16. The first kappa shape index (κ1) is 21.0. The van der Waals surface area contributed by atoms with Crippen molar-refractivity contribution in [3.05, 3.63) is 0 Å². The number of rotatable bonds is 12. The van der Waals surface area contributed by atoms with Gasteiger partial charge in [0.05, 0.1) is 0 Å². The number of nitrogens with zero attached hydrogens (tertiary/aromatic N) is 2. The van der Waals surface area contributed by atoms with Crippen LogP contribution in [0.2, 0.25) is 0 Å². The van der Waals surface area contributed by atoms with Gasteiger partial charge in [0.25, 0.3) is 0 Å². The quantitative estimate of drug-likeness (QED) is 0.226. The van der Waals surface area contributed by atoms with Crippen molar-refractivity contribution in [1.82, 2.24) is 10.9 Å². The van der Waals surface area contributed by atoms with E-state index in [9.17, 15) is 0 Å². The average molecular weight is 327 g/mol. The van der Waals surface area contributed by atoms with Crippen molar-refractivity contribution in [1.29, 1.82) is 0 Å². The lowest BCUT2D eigenvalue weighted by atomic mass is 10.1. The summed E-state index contributed by atoms with van der Waals surface area (Å²) in [6.45, 7) is 8.51. The van der Waals surface area contributed by atoms with E-state index in [4.69, 9.17) is 12.2 Å². The largest absolute Gasteiger partial charge is 0.252 e. The van der Waals surface area contributed by atoms with E-state index in [2.05, 4.69) is 34.9 Å². The first-order valence-corrected chi connectivity index (χ1v) is 9.13. The highest BCUT2D eigenvalue weighted by Gasteiger charge is 1.96. The molecule has 0 aliphatic carbocycles. The summed E-state index contributed by atoms with van der Waals surface area (Å²) in [4.78, 5) is 0. The third-order valence-corrected chi connectivity index (χ3v) is 3.66. The lowest BCUT2D eigenvalue weighted by Gasteiger charge is -2.06. The van der Waals surface area contributed by atoms with E-state index in [1.165, 1.54) is 51.4 Å². The molecule has 22 heavy (non-hydrogen) atoms. The van der Waals surface area contributed by atoms with Crippen LogP contribution in [-0.4, -0.2) is 16.5 Å². The Labute approximate surface area is 142 Å². The van der Waals surface area contributed by atoms with Crippen LogP contribution in [-0.2, 0) is 0 Å². The smallest absolute Gasteiger partial charge is 0.207 e. The topological polar surface area (TPSA) is 48.8 Å². The van der Waals surface area contributed by atoms with E-state index in [-0.39, 0.29) is 0 Å². The summed E-state index contributed by atoms with van der Waals surface area (Å²) in [6, 6.07) is 0. The van der Waals surface area contributed by atoms with Gasteiger partial charge in [0.2, 0.25) is 5.11 Å². The Balaban J connectivity index is 3.82. The lowest BCUT2D eigenvalue weighted by molar-refractivity contribution is 0.680. The third-order valence-electron chi connectivity index (χ3n) is 3.48. The Morgan fingerprint density at radius 3 is 1.50 bits per heavy atom. The average Bonchev–Trinajstić information content (AvgIpc) is 2.51. The van der Waals surface area contributed by atoms with E-state index < -0.39 is 0 Å². The summed E-state index contributed by atoms with van der Waals surface area (Å²) in [6.07, 6.45) is 12.1. The molecule has 0 aromatic carbocycles. The van der Waals surface area contributed by atoms with Gasteiger partial charge in [-0.25, -0.2) is 0 Å². The van der Waals surface area contributed by atoms with E-state index in [0.29, 0.717) is 5.11 Å². The fraction of sp³-hybridized carbons (Fsp3) is 0.824.